The average Bonchev–Trinajstić information content (AvgIpc) is 2.78. The van der Waals surface area contributed by atoms with Crippen LogP contribution in [-0.2, 0) is 6.54 Å². The highest BCUT2D eigenvalue weighted by atomic mass is 32.1. The second-order valence-electron chi connectivity index (χ2n) is 4.19. The Morgan fingerprint density at radius 2 is 2.25 bits per heavy atom. The first-order valence-corrected chi connectivity index (χ1v) is 6.99. The van der Waals surface area contributed by atoms with Crippen molar-refractivity contribution in [2.24, 2.45) is 0 Å². The summed E-state index contributed by atoms with van der Waals surface area (Å²) in [6.45, 7) is 6.39. The lowest BCUT2D eigenvalue weighted by molar-refractivity contribution is -0.741. The number of nitrogens with zero attached hydrogens (tertiary/aromatic N) is 2. The maximum Gasteiger partial charge on any atom is 0.289 e. The van der Waals surface area contributed by atoms with Crippen LogP contribution in [0.1, 0.15) is 15.6 Å². The van der Waals surface area contributed by atoms with Crippen LogP contribution in [0.2, 0.25) is 0 Å². The van der Waals surface area contributed by atoms with Gasteiger partial charge < -0.3 is 9.84 Å². The van der Waals surface area contributed by atoms with Gasteiger partial charge >= 0.3 is 0 Å². The molecule has 5 heteroatoms. The largest absolute Gasteiger partial charge is 0.504 e. The van der Waals surface area contributed by atoms with E-state index < -0.39 is 0 Å². The van der Waals surface area contributed by atoms with E-state index in [1.165, 1.54) is 7.11 Å². The molecule has 104 valence electrons. The number of ether oxygens (including phenoxy) is 1. The minimum atomic E-state index is 0.139. The van der Waals surface area contributed by atoms with Crippen LogP contribution in [0, 0.1) is 6.92 Å². The summed E-state index contributed by atoms with van der Waals surface area (Å²) in [5.41, 5.74) is 0.954. The molecule has 1 aromatic carbocycles. The lowest BCUT2D eigenvalue weighted by Crippen LogP contribution is -2.37. The molecule has 0 amide bonds. The number of benzene rings is 1. The Balaban J connectivity index is 2.27. The zero-order chi connectivity index (χ0) is 14.5. The summed E-state index contributed by atoms with van der Waals surface area (Å²) in [4.78, 5) is 0. The van der Waals surface area contributed by atoms with E-state index in [9.17, 15) is 5.11 Å². The first-order chi connectivity index (χ1) is 9.63. The Kier molecular flexibility index (Phi) is 4.53. The highest BCUT2D eigenvalue weighted by Gasteiger charge is 2.13. The lowest BCUT2D eigenvalue weighted by atomic mass is 10.2. The molecular formula is C15H17N2O2S+. The molecule has 1 heterocycles. The molecule has 1 aromatic heterocycles. The summed E-state index contributed by atoms with van der Waals surface area (Å²) in [6.07, 6.45) is 5.79. The summed E-state index contributed by atoms with van der Waals surface area (Å²) in [7, 11) is 1.53. The molecule has 0 atom stereocenters. The van der Waals surface area contributed by atoms with Crippen molar-refractivity contribution in [2.75, 3.05) is 7.11 Å². The van der Waals surface area contributed by atoms with Gasteiger partial charge in [0.15, 0.2) is 23.1 Å². The van der Waals surface area contributed by atoms with E-state index in [0.717, 1.165) is 15.6 Å². The van der Waals surface area contributed by atoms with E-state index in [0.29, 0.717) is 12.3 Å². The van der Waals surface area contributed by atoms with Gasteiger partial charge in [0.1, 0.15) is 0 Å². The third kappa shape index (κ3) is 3.24. The number of aromatic hydroxyl groups is 1. The molecular weight excluding hydrogens is 272 g/mol. The molecule has 0 bridgehead atoms. The summed E-state index contributed by atoms with van der Waals surface area (Å²) in [5.74, 6) is 0.603. The van der Waals surface area contributed by atoms with Crippen LogP contribution in [0.3, 0.4) is 0 Å². The molecule has 4 nitrogen and oxygen atoms in total. The Morgan fingerprint density at radius 1 is 1.45 bits per heavy atom. The zero-order valence-corrected chi connectivity index (χ0v) is 12.4. The summed E-state index contributed by atoms with van der Waals surface area (Å²) in [5, 5.41) is 16.0. The Bertz CT molecular complexity index is 647. The monoisotopic (exact) mass is 289 g/mol. The minimum absolute atomic E-state index is 0.139. The van der Waals surface area contributed by atoms with Gasteiger partial charge in [-0.1, -0.05) is 17.3 Å². The number of phenols is 1. The van der Waals surface area contributed by atoms with E-state index in [1.54, 1.807) is 23.5 Å². The second kappa shape index (κ2) is 6.34. The highest BCUT2D eigenvalue weighted by molar-refractivity contribution is 7.11. The third-order valence-corrected chi connectivity index (χ3v) is 3.63. The first-order valence-electron chi connectivity index (χ1n) is 6.17. The normalized spacial score (nSPS) is 10.9. The van der Waals surface area contributed by atoms with Gasteiger partial charge in [-0.15, -0.1) is 0 Å². The van der Waals surface area contributed by atoms with Crippen LogP contribution in [0.25, 0.3) is 12.2 Å². The van der Waals surface area contributed by atoms with E-state index in [2.05, 4.69) is 11.7 Å². The molecule has 2 rings (SSSR count). The van der Waals surface area contributed by atoms with Gasteiger partial charge in [-0.25, -0.2) is 0 Å². The minimum Gasteiger partial charge on any atom is -0.504 e. The number of rotatable bonds is 5. The van der Waals surface area contributed by atoms with E-state index >= 15 is 0 Å². The SMILES string of the molecule is C=CC[n+]1nc(C)sc1/C=C/c1ccc(O)c(OC)c1. The van der Waals surface area contributed by atoms with Gasteiger partial charge in [-0.3, -0.25) is 0 Å². The van der Waals surface area contributed by atoms with Gasteiger partial charge in [-0.05, 0) is 48.1 Å². The van der Waals surface area contributed by atoms with Crippen LogP contribution in [-0.4, -0.2) is 17.3 Å². The van der Waals surface area contributed by atoms with Crippen LogP contribution in [0.4, 0.5) is 0 Å². The molecule has 0 fully saturated rings. The molecule has 0 aliphatic carbocycles. The van der Waals surface area contributed by atoms with Crippen molar-refractivity contribution < 1.29 is 14.5 Å². The molecule has 0 aliphatic rings. The number of allylic oxidation sites excluding steroid dienone is 1. The Hall–Kier alpha value is -2.14. The van der Waals surface area contributed by atoms with Crippen LogP contribution < -0.4 is 9.42 Å². The molecule has 0 spiro atoms. The molecule has 20 heavy (non-hydrogen) atoms. The number of phenolic OH excluding ortho intramolecular Hbond substituents is 1. The van der Waals surface area contributed by atoms with Crippen molar-refractivity contribution in [1.82, 2.24) is 5.10 Å². The standard InChI is InChI=1S/C15H16N2O2S/c1-4-9-17-15(20-11(2)16-17)8-6-12-5-7-13(18)14(10-12)19-3/h4-8,10H,1,9H2,2-3H3/p+1. The number of aromatic nitrogens is 2. The van der Waals surface area contributed by atoms with E-state index in [4.69, 9.17) is 4.74 Å². The molecule has 0 saturated heterocycles. The lowest BCUT2D eigenvalue weighted by Gasteiger charge is -2.03. The average molecular weight is 289 g/mol. The topological polar surface area (TPSA) is 46.2 Å². The predicted molar refractivity (Wildman–Crippen MR) is 80.8 cm³/mol. The van der Waals surface area contributed by atoms with Gasteiger partial charge in [-0.2, -0.15) is 0 Å². The fourth-order valence-corrected chi connectivity index (χ4v) is 2.58. The number of aryl methyl sites for hydroxylation is 1. The predicted octanol–water partition coefficient (Wildman–Crippen LogP) is 2.81. The molecule has 2 aromatic rings. The quantitative estimate of drug-likeness (QED) is 0.680. The first kappa shape index (κ1) is 14.3. The highest BCUT2D eigenvalue weighted by Crippen LogP contribution is 2.27. The van der Waals surface area contributed by atoms with Crippen LogP contribution in [0.5, 0.6) is 11.5 Å². The maximum atomic E-state index is 9.57. The van der Waals surface area contributed by atoms with Gasteiger partial charge in [0.2, 0.25) is 0 Å². The van der Waals surface area contributed by atoms with Crippen LogP contribution in [0.15, 0.2) is 30.9 Å². The molecule has 0 radical (unpaired) electrons. The Labute approximate surface area is 122 Å². The van der Waals surface area contributed by atoms with E-state index in [1.807, 2.05) is 35.9 Å². The van der Waals surface area contributed by atoms with Crippen LogP contribution >= 0.6 is 11.3 Å². The van der Waals surface area contributed by atoms with Gasteiger partial charge in [0, 0.05) is 11.2 Å². The van der Waals surface area contributed by atoms with Gasteiger partial charge in [0.25, 0.3) is 5.01 Å². The van der Waals surface area contributed by atoms with Crippen molar-refractivity contribution in [3.8, 4) is 11.5 Å². The third-order valence-electron chi connectivity index (χ3n) is 2.69. The number of hydrogen-bond acceptors (Lipinski definition) is 4. The van der Waals surface area contributed by atoms with Crippen molar-refractivity contribution >= 4 is 23.5 Å². The fraction of sp³-hybridized carbons (Fsp3) is 0.200. The zero-order valence-electron chi connectivity index (χ0n) is 11.5. The molecule has 0 saturated carbocycles. The van der Waals surface area contributed by atoms with Crippen molar-refractivity contribution in [1.29, 1.82) is 0 Å². The van der Waals surface area contributed by atoms with Crippen molar-refractivity contribution in [3.05, 3.63) is 46.4 Å². The number of hydrogen-bond donors (Lipinski definition) is 1. The second-order valence-corrected chi connectivity index (χ2v) is 5.41. The number of methoxy groups -OCH3 is 1. The molecule has 0 aliphatic heterocycles. The smallest absolute Gasteiger partial charge is 0.289 e. The van der Waals surface area contributed by atoms with Crippen molar-refractivity contribution in [2.45, 2.75) is 13.5 Å². The summed E-state index contributed by atoms with van der Waals surface area (Å²) < 4.78 is 7.00. The van der Waals surface area contributed by atoms with Gasteiger partial charge in [0.05, 0.1) is 7.11 Å². The maximum absolute atomic E-state index is 9.57. The summed E-state index contributed by atoms with van der Waals surface area (Å²) in [6, 6.07) is 5.24. The Morgan fingerprint density at radius 3 is 2.95 bits per heavy atom. The van der Waals surface area contributed by atoms with E-state index in [-0.39, 0.29) is 5.75 Å². The molecule has 1 N–H and O–H groups in total. The fourth-order valence-electron chi connectivity index (χ4n) is 1.78. The summed E-state index contributed by atoms with van der Waals surface area (Å²) >= 11 is 1.62. The molecule has 0 unspecified atom stereocenters. The van der Waals surface area contributed by atoms with Crippen molar-refractivity contribution in [3.63, 3.8) is 0 Å².